The van der Waals surface area contributed by atoms with E-state index in [4.69, 9.17) is 5.53 Å². The molecule has 26 heavy (non-hydrogen) atoms. The highest BCUT2D eigenvalue weighted by Crippen LogP contribution is 2.36. The maximum atomic E-state index is 13.5. The average Bonchev–Trinajstić information content (AvgIpc) is 2.91. The van der Waals surface area contributed by atoms with Crippen molar-refractivity contribution in [3.8, 4) is 5.75 Å². The molecule has 2 aromatic rings. The SMILES string of the molecule is [N-]=[N+]=C1C[C@H](c2cccc(F)c2)N(c2ccc(OC(F)(F)F)cc2)C1=O. The van der Waals surface area contributed by atoms with Gasteiger partial charge in [0, 0.05) is 5.69 Å². The number of hydrogen-bond donors (Lipinski definition) is 0. The fraction of sp³-hybridized carbons (Fsp3) is 0.176. The van der Waals surface area contributed by atoms with Crippen LogP contribution in [0.25, 0.3) is 5.53 Å². The van der Waals surface area contributed by atoms with Crippen molar-refractivity contribution in [3.63, 3.8) is 0 Å². The molecule has 3 rings (SSSR count). The van der Waals surface area contributed by atoms with Gasteiger partial charge in [0.1, 0.15) is 11.6 Å². The molecule has 0 saturated carbocycles. The highest BCUT2D eigenvalue weighted by atomic mass is 19.4. The number of rotatable bonds is 3. The van der Waals surface area contributed by atoms with E-state index in [1.54, 1.807) is 6.07 Å². The van der Waals surface area contributed by atoms with Gasteiger partial charge in [-0.2, -0.15) is 4.79 Å². The third kappa shape index (κ3) is 3.57. The van der Waals surface area contributed by atoms with Crippen molar-refractivity contribution in [1.29, 1.82) is 0 Å². The molecule has 1 fully saturated rings. The minimum Gasteiger partial charge on any atom is -0.406 e. The van der Waals surface area contributed by atoms with Crippen LogP contribution in [0.4, 0.5) is 23.2 Å². The predicted molar refractivity (Wildman–Crippen MR) is 83.0 cm³/mol. The molecule has 1 heterocycles. The van der Waals surface area contributed by atoms with Gasteiger partial charge in [-0.1, -0.05) is 12.1 Å². The number of ether oxygens (including phenoxy) is 1. The topological polar surface area (TPSA) is 65.9 Å². The molecule has 1 atom stereocenters. The van der Waals surface area contributed by atoms with Gasteiger partial charge >= 0.3 is 18.0 Å². The third-order valence-electron chi connectivity index (χ3n) is 3.87. The van der Waals surface area contributed by atoms with E-state index in [-0.39, 0.29) is 17.8 Å². The van der Waals surface area contributed by atoms with Gasteiger partial charge < -0.3 is 10.3 Å². The lowest BCUT2D eigenvalue weighted by atomic mass is 10.0. The van der Waals surface area contributed by atoms with Crippen molar-refractivity contribution < 1.29 is 31.9 Å². The van der Waals surface area contributed by atoms with E-state index < -0.39 is 29.9 Å². The highest BCUT2D eigenvalue weighted by Gasteiger charge is 2.44. The summed E-state index contributed by atoms with van der Waals surface area (Å²) in [4.78, 5) is 16.7. The Morgan fingerprint density at radius 1 is 1.15 bits per heavy atom. The molecule has 1 amide bonds. The Kier molecular flexibility index (Phi) is 4.48. The molecule has 0 aliphatic carbocycles. The molecule has 0 unspecified atom stereocenters. The lowest BCUT2D eigenvalue weighted by Crippen LogP contribution is -2.29. The molecule has 5 nitrogen and oxygen atoms in total. The minimum atomic E-state index is -4.83. The number of carbonyl (C=O) groups excluding carboxylic acids is 1. The van der Waals surface area contributed by atoms with E-state index in [1.165, 1.54) is 35.2 Å². The summed E-state index contributed by atoms with van der Waals surface area (Å²) >= 11 is 0. The van der Waals surface area contributed by atoms with Crippen LogP contribution in [0, 0.1) is 5.82 Å². The summed E-state index contributed by atoms with van der Waals surface area (Å²) in [5, 5.41) is 0. The number of hydrogen-bond acceptors (Lipinski definition) is 2. The van der Waals surface area contributed by atoms with Gasteiger partial charge in [-0.05, 0) is 42.0 Å². The van der Waals surface area contributed by atoms with Crippen LogP contribution in [0.1, 0.15) is 18.0 Å². The van der Waals surface area contributed by atoms with E-state index >= 15 is 0 Å². The number of alkyl halides is 3. The number of nitrogens with zero attached hydrogens (tertiary/aromatic N) is 3. The minimum absolute atomic E-state index is 0.0274. The average molecular weight is 365 g/mol. The van der Waals surface area contributed by atoms with E-state index in [1.807, 2.05) is 0 Å². The second-order valence-corrected chi connectivity index (χ2v) is 5.54. The molecule has 1 aliphatic heterocycles. The van der Waals surface area contributed by atoms with E-state index in [0.717, 1.165) is 12.1 Å². The van der Waals surface area contributed by atoms with Crippen molar-refractivity contribution in [3.05, 3.63) is 65.4 Å². The summed E-state index contributed by atoms with van der Waals surface area (Å²) in [6.45, 7) is 0. The van der Waals surface area contributed by atoms with Crippen LogP contribution in [0.3, 0.4) is 0 Å². The van der Waals surface area contributed by atoms with Gasteiger partial charge in [0.15, 0.2) is 0 Å². The molecule has 0 bridgehead atoms. The van der Waals surface area contributed by atoms with Crippen molar-refractivity contribution in [2.45, 2.75) is 18.8 Å². The number of amides is 1. The largest absolute Gasteiger partial charge is 0.573 e. The van der Waals surface area contributed by atoms with Gasteiger partial charge in [0.2, 0.25) is 0 Å². The van der Waals surface area contributed by atoms with Crippen LogP contribution in [0.15, 0.2) is 48.5 Å². The van der Waals surface area contributed by atoms with Crippen LogP contribution in [-0.2, 0) is 4.79 Å². The molecule has 2 aromatic carbocycles. The van der Waals surface area contributed by atoms with Gasteiger partial charge in [-0.15, -0.1) is 13.2 Å². The summed E-state index contributed by atoms with van der Waals surface area (Å²) in [6.07, 6.45) is -4.80. The zero-order valence-electron chi connectivity index (χ0n) is 13.1. The van der Waals surface area contributed by atoms with Crippen molar-refractivity contribution in [2.24, 2.45) is 0 Å². The molecule has 1 saturated heterocycles. The molecule has 0 N–H and O–H groups in total. The summed E-state index contributed by atoms with van der Waals surface area (Å²) in [7, 11) is 0. The number of benzene rings is 2. The molecule has 0 radical (unpaired) electrons. The molecule has 9 heteroatoms. The third-order valence-corrected chi connectivity index (χ3v) is 3.87. The van der Waals surface area contributed by atoms with Crippen molar-refractivity contribution in [1.82, 2.24) is 0 Å². The molecule has 0 spiro atoms. The molecular formula is C17H11F4N3O2. The monoisotopic (exact) mass is 365 g/mol. The Labute approximate surface area is 145 Å². The lowest BCUT2D eigenvalue weighted by molar-refractivity contribution is -0.274. The Balaban J connectivity index is 1.97. The van der Waals surface area contributed by atoms with Crippen LogP contribution in [0.5, 0.6) is 5.75 Å². The van der Waals surface area contributed by atoms with E-state index in [2.05, 4.69) is 9.53 Å². The van der Waals surface area contributed by atoms with Crippen LogP contribution in [-0.4, -0.2) is 22.8 Å². The lowest BCUT2D eigenvalue weighted by Gasteiger charge is -2.24. The number of halogens is 4. The second-order valence-electron chi connectivity index (χ2n) is 5.54. The molecular weight excluding hydrogens is 354 g/mol. The second kappa shape index (κ2) is 6.61. The predicted octanol–water partition coefficient (Wildman–Crippen LogP) is 3.87. The van der Waals surface area contributed by atoms with Crippen molar-refractivity contribution in [2.75, 3.05) is 4.90 Å². The summed E-state index contributed by atoms with van der Waals surface area (Å²) in [6, 6.07) is 9.58. The normalized spacial score (nSPS) is 17.4. The van der Waals surface area contributed by atoms with Gasteiger partial charge in [0.05, 0.1) is 12.5 Å². The zero-order valence-corrected chi connectivity index (χ0v) is 13.1. The smallest absolute Gasteiger partial charge is 0.406 e. The maximum Gasteiger partial charge on any atom is 0.573 e. The first-order chi connectivity index (χ1) is 12.3. The Morgan fingerprint density at radius 3 is 2.42 bits per heavy atom. The molecule has 0 aromatic heterocycles. The zero-order chi connectivity index (χ0) is 18.9. The fourth-order valence-corrected chi connectivity index (χ4v) is 2.81. The Hall–Kier alpha value is -3.19. The molecule has 134 valence electrons. The quantitative estimate of drug-likeness (QED) is 0.471. The maximum absolute atomic E-state index is 13.5. The summed E-state index contributed by atoms with van der Waals surface area (Å²) in [5.74, 6) is -1.56. The summed E-state index contributed by atoms with van der Waals surface area (Å²) in [5.41, 5.74) is 9.61. The standard InChI is InChI=1S/C17H11F4N3O2/c18-11-3-1-2-10(8-11)15-9-14(23-22)16(25)24(15)12-4-6-13(7-5-12)26-17(19,20)21/h1-8,15H,9H2/t15-/m1/s1. The van der Waals surface area contributed by atoms with Crippen LogP contribution in [0.2, 0.25) is 0 Å². The van der Waals surface area contributed by atoms with Crippen LogP contribution >= 0.6 is 0 Å². The summed E-state index contributed by atoms with van der Waals surface area (Å²) < 4.78 is 54.1. The number of anilines is 1. The van der Waals surface area contributed by atoms with Crippen molar-refractivity contribution >= 4 is 17.3 Å². The van der Waals surface area contributed by atoms with Gasteiger partial charge in [-0.3, -0.25) is 9.69 Å². The fourth-order valence-electron chi connectivity index (χ4n) is 2.81. The Morgan fingerprint density at radius 2 is 1.85 bits per heavy atom. The van der Waals surface area contributed by atoms with Gasteiger partial charge in [0.25, 0.3) is 0 Å². The van der Waals surface area contributed by atoms with Gasteiger partial charge in [-0.25, -0.2) is 4.39 Å². The highest BCUT2D eigenvalue weighted by molar-refractivity contribution is 6.44. The van der Waals surface area contributed by atoms with Crippen LogP contribution < -0.4 is 9.64 Å². The first kappa shape index (κ1) is 17.6. The molecule has 1 aliphatic rings. The number of carbonyl (C=O) groups is 1. The van der Waals surface area contributed by atoms with E-state index in [9.17, 15) is 22.4 Å². The van der Waals surface area contributed by atoms with E-state index in [0.29, 0.717) is 5.56 Å². The first-order valence-corrected chi connectivity index (χ1v) is 7.44. The Bertz CT molecular complexity index is 890. The first-order valence-electron chi connectivity index (χ1n) is 7.44.